The molecular formula is C28H28FN3O4S2. The number of hydrogen-bond acceptors (Lipinski definition) is 6. The molecule has 1 aliphatic heterocycles. The second-order valence-electron chi connectivity index (χ2n) is 8.74. The first kappa shape index (κ1) is 27.5. The molecule has 0 aliphatic carbocycles. The summed E-state index contributed by atoms with van der Waals surface area (Å²) in [4.78, 5) is 25.9. The summed E-state index contributed by atoms with van der Waals surface area (Å²) in [6.07, 6.45) is 6.34. The molecule has 1 amide bonds. The van der Waals surface area contributed by atoms with Crippen LogP contribution in [0.15, 0.2) is 59.6 Å². The van der Waals surface area contributed by atoms with Crippen LogP contribution in [0.1, 0.15) is 44.6 Å². The lowest BCUT2D eigenvalue weighted by molar-refractivity contribution is -0.137. The number of rotatable bonds is 12. The van der Waals surface area contributed by atoms with Gasteiger partial charge >= 0.3 is 5.97 Å². The summed E-state index contributed by atoms with van der Waals surface area (Å²) in [5.41, 5.74) is 2.55. The summed E-state index contributed by atoms with van der Waals surface area (Å²) in [5.74, 6) is -1.33. The molecule has 0 atom stereocenters. The molecule has 0 unspecified atom stereocenters. The van der Waals surface area contributed by atoms with Gasteiger partial charge in [-0.1, -0.05) is 55.5 Å². The van der Waals surface area contributed by atoms with Gasteiger partial charge in [0.2, 0.25) is 0 Å². The molecule has 10 heteroatoms. The Balaban J connectivity index is 1.62. The Morgan fingerprint density at radius 1 is 1.18 bits per heavy atom. The number of hydrogen-bond donors (Lipinski definition) is 1. The maximum absolute atomic E-state index is 14.8. The third-order valence-corrected chi connectivity index (χ3v) is 7.24. The summed E-state index contributed by atoms with van der Waals surface area (Å²) in [6.45, 7) is 2.81. The summed E-state index contributed by atoms with van der Waals surface area (Å²) < 4.78 is 22.5. The summed E-state index contributed by atoms with van der Waals surface area (Å²) in [7, 11) is 0. The first-order valence-corrected chi connectivity index (χ1v) is 13.6. The van der Waals surface area contributed by atoms with Crippen molar-refractivity contribution in [2.45, 2.75) is 39.0 Å². The molecule has 1 saturated heterocycles. The van der Waals surface area contributed by atoms with Crippen LogP contribution in [0.2, 0.25) is 0 Å². The molecule has 1 aliphatic rings. The maximum atomic E-state index is 14.8. The molecule has 0 bridgehead atoms. The number of aliphatic carboxylic acids is 1. The molecule has 1 N–H and O–H groups in total. The number of nitrogens with zero attached hydrogens (tertiary/aromatic N) is 3. The van der Waals surface area contributed by atoms with Crippen molar-refractivity contribution in [3.63, 3.8) is 0 Å². The third kappa shape index (κ3) is 6.68. The standard InChI is InChI=1S/C28H28FN3O4S2/c1-2-15-36-23-13-12-19(16-22(23)29)26-20(18-32(30-26)21-9-5-3-6-10-21)17-24-27(35)31(28(37)38-24)14-8-4-7-11-25(33)34/h3,5-6,9-10,12-13,16-18H,2,4,7-8,11,14-15H2,1H3,(H,33,34)/b24-17-. The molecule has 2 heterocycles. The SMILES string of the molecule is CCCOc1ccc(-c2nn(-c3ccccc3)cc2/C=C2\SC(=S)N(CCCCCC(=O)O)C2=O)cc1F. The first-order chi connectivity index (χ1) is 18.4. The molecule has 1 fully saturated rings. The molecule has 0 saturated carbocycles. The van der Waals surface area contributed by atoms with Crippen molar-refractivity contribution in [2.75, 3.05) is 13.2 Å². The number of carboxylic acid groups (broad SMARTS) is 1. The fraction of sp³-hybridized carbons (Fsp3) is 0.286. The van der Waals surface area contributed by atoms with Gasteiger partial charge < -0.3 is 9.84 Å². The molecule has 2 aromatic carbocycles. The van der Waals surface area contributed by atoms with E-state index in [1.54, 1.807) is 27.8 Å². The number of ether oxygens (including phenoxy) is 1. The Labute approximate surface area is 230 Å². The van der Waals surface area contributed by atoms with Crippen molar-refractivity contribution < 1.29 is 23.8 Å². The lowest BCUT2D eigenvalue weighted by Crippen LogP contribution is -2.29. The van der Waals surface area contributed by atoms with E-state index in [0.717, 1.165) is 12.1 Å². The summed E-state index contributed by atoms with van der Waals surface area (Å²) in [5, 5.41) is 13.5. The van der Waals surface area contributed by atoms with Crippen LogP contribution in [-0.2, 0) is 9.59 Å². The van der Waals surface area contributed by atoms with Gasteiger partial charge in [0, 0.05) is 30.3 Å². The Hall–Kier alpha value is -3.50. The molecule has 7 nitrogen and oxygen atoms in total. The number of unbranched alkanes of at least 4 members (excludes halogenated alkanes) is 2. The van der Waals surface area contributed by atoms with Crippen molar-refractivity contribution >= 4 is 46.3 Å². The van der Waals surface area contributed by atoms with E-state index in [1.807, 2.05) is 43.5 Å². The van der Waals surface area contributed by atoms with Crippen molar-refractivity contribution in [1.29, 1.82) is 0 Å². The minimum atomic E-state index is -0.826. The first-order valence-electron chi connectivity index (χ1n) is 12.4. The van der Waals surface area contributed by atoms with Crippen LogP contribution < -0.4 is 4.74 Å². The van der Waals surface area contributed by atoms with Gasteiger partial charge in [-0.3, -0.25) is 14.5 Å². The van der Waals surface area contributed by atoms with E-state index < -0.39 is 11.8 Å². The highest BCUT2D eigenvalue weighted by atomic mass is 32.2. The predicted octanol–water partition coefficient (Wildman–Crippen LogP) is 6.31. The van der Waals surface area contributed by atoms with Crippen molar-refractivity contribution in [1.82, 2.24) is 14.7 Å². The van der Waals surface area contributed by atoms with Crippen LogP contribution in [0, 0.1) is 5.82 Å². The molecule has 0 radical (unpaired) electrons. The van der Waals surface area contributed by atoms with E-state index in [-0.39, 0.29) is 18.1 Å². The van der Waals surface area contributed by atoms with E-state index >= 15 is 0 Å². The second-order valence-corrected chi connectivity index (χ2v) is 10.4. The zero-order valence-corrected chi connectivity index (χ0v) is 22.6. The van der Waals surface area contributed by atoms with Gasteiger partial charge in [-0.2, -0.15) is 5.10 Å². The number of benzene rings is 2. The summed E-state index contributed by atoms with van der Waals surface area (Å²) >= 11 is 6.67. The number of amides is 1. The van der Waals surface area contributed by atoms with Gasteiger partial charge in [-0.15, -0.1) is 0 Å². The van der Waals surface area contributed by atoms with Crippen LogP contribution in [-0.4, -0.2) is 49.1 Å². The average Bonchev–Trinajstić information content (AvgIpc) is 3.44. The quantitative estimate of drug-likeness (QED) is 0.160. The lowest BCUT2D eigenvalue weighted by atomic mass is 10.1. The molecule has 3 aromatic rings. The summed E-state index contributed by atoms with van der Waals surface area (Å²) in [6, 6.07) is 14.3. The number of para-hydroxylation sites is 1. The Morgan fingerprint density at radius 3 is 2.68 bits per heavy atom. The highest BCUT2D eigenvalue weighted by Crippen LogP contribution is 2.35. The monoisotopic (exact) mass is 553 g/mol. The van der Waals surface area contributed by atoms with E-state index in [4.69, 9.17) is 27.2 Å². The topological polar surface area (TPSA) is 84.7 Å². The van der Waals surface area contributed by atoms with Gasteiger partial charge in [0.1, 0.15) is 10.0 Å². The Kier molecular flexibility index (Phi) is 9.30. The van der Waals surface area contributed by atoms with Gasteiger partial charge in [-0.05, 0) is 55.7 Å². The fourth-order valence-corrected chi connectivity index (χ4v) is 5.26. The molecule has 4 rings (SSSR count). The van der Waals surface area contributed by atoms with Crippen LogP contribution in [0.3, 0.4) is 0 Å². The smallest absolute Gasteiger partial charge is 0.303 e. The zero-order chi connectivity index (χ0) is 27.1. The molecule has 0 spiro atoms. The Morgan fingerprint density at radius 2 is 1.97 bits per heavy atom. The number of carboxylic acids is 1. The largest absolute Gasteiger partial charge is 0.491 e. The van der Waals surface area contributed by atoms with Crippen molar-refractivity contribution in [3.8, 4) is 22.7 Å². The molecule has 38 heavy (non-hydrogen) atoms. The van der Waals surface area contributed by atoms with Crippen molar-refractivity contribution in [2.24, 2.45) is 0 Å². The second kappa shape index (κ2) is 12.8. The number of carbonyl (C=O) groups is 2. The lowest BCUT2D eigenvalue weighted by Gasteiger charge is -2.13. The van der Waals surface area contributed by atoms with E-state index in [1.165, 1.54) is 17.8 Å². The van der Waals surface area contributed by atoms with E-state index in [9.17, 15) is 14.0 Å². The highest BCUT2D eigenvalue weighted by Gasteiger charge is 2.32. The van der Waals surface area contributed by atoms with Gasteiger partial charge in [-0.25, -0.2) is 9.07 Å². The molecule has 1 aromatic heterocycles. The Bertz CT molecular complexity index is 1360. The number of halogens is 1. The number of thiocarbonyl (C=S) groups is 1. The average molecular weight is 554 g/mol. The van der Waals surface area contributed by atoms with Gasteiger partial charge in [0.05, 0.1) is 17.2 Å². The minimum Gasteiger partial charge on any atom is -0.491 e. The fourth-order valence-electron chi connectivity index (χ4n) is 3.96. The highest BCUT2D eigenvalue weighted by molar-refractivity contribution is 8.26. The van der Waals surface area contributed by atoms with E-state index in [0.29, 0.717) is 58.5 Å². The normalized spacial score (nSPS) is 14.5. The molecular weight excluding hydrogens is 525 g/mol. The maximum Gasteiger partial charge on any atom is 0.303 e. The number of thioether (sulfide) groups is 1. The van der Waals surface area contributed by atoms with E-state index in [2.05, 4.69) is 0 Å². The van der Waals surface area contributed by atoms with Crippen molar-refractivity contribution in [3.05, 3.63) is 71.0 Å². The zero-order valence-electron chi connectivity index (χ0n) is 20.9. The van der Waals surface area contributed by atoms with Crippen LogP contribution in [0.5, 0.6) is 5.75 Å². The minimum absolute atomic E-state index is 0.110. The number of aromatic nitrogens is 2. The molecule has 198 valence electrons. The predicted molar refractivity (Wildman–Crippen MR) is 151 cm³/mol. The van der Waals surface area contributed by atoms with Crippen LogP contribution >= 0.6 is 24.0 Å². The number of carbonyl (C=O) groups excluding carboxylic acids is 1. The van der Waals surface area contributed by atoms with Crippen LogP contribution in [0.25, 0.3) is 23.0 Å². The third-order valence-electron chi connectivity index (χ3n) is 5.86. The van der Waals surface area contributed by atoms with Crippen LogP contribution in [0.4, 0.5) is 4.39 Å². The van der Waals surface area contributed by atoms with Gasteiger partial charge in [0.15, 0.2) is 11.6 Å². The van der Waals surface area contributed by atoms with Gasteiger partial charge in [0.25, 0.3) is 5.91 Å².